The Bertz CT molecular complexity index is 7730. The van der Waals surface area contributed by atoms with Crippen LogP contribution in [0.5, 0.6) is 5.75 Å². The molecule has 9 aromatic heterocycles. The van der Waals surface area contributed by atoms with Crippen molar-refractivity contribution in [3.05, 3.63) is 532 Å². The van der Waals surface area contributed by atoms with E-state index in [1.165, 1.54) is 116 Å². The molecule has 674 valence electrons. The van der Waals surface area contributed by atoms with Crippen molar-refractivity contribution in [2.24, 2.45) is 0 Å². The number of rotatable bonds is 16. The van der Waals surface area contributed by atoms with Crippen molar-refractivity contribution in [1.29, 1.82) is 0 Å². The molecule has 0 atom stereocenters. The third-order valence-electron chi connectivity index (χ3n) is 24.3. The van der Waals surface area contributed by atoms with Crippen LogP contribution >= 0.6 is 22.7 Å². The second-order valence-corrected chi connectivity index (χ2v) is 35.2. The number of nitrogens with zero attached hydrogens (tertiary/aromatic N) is 7. The summed E-state index contributed by atoms with van der Waals surface area (Å²) in [5.74, 6) is 2.50. The second kappa shape index (κ2) is 44.3. The first kappa shape index (κ1) is 91.6. The number of para-hydroxylation sites is 1. The number of halogens is 1. The summed E-state index contributed by atoms with van der Waals surface area (Å²) in [6, 6.07) is 156. The highest BCUT2D eigenvalue weighted by Gasteiger charge is 2.24. The van der Waals surface area contributed by atoms with Gasteiger partial charge in [0.1, 0.15) is 23.2 Å². The summed E-state index contributed by atoms with van der Waals surface area (Å²) in [6.07, 6.45) is 11.0. The lowest BCUT2D eigenvalue weighted by molar-refractivity contribution is 0.415. The van der Waals surface area contributed by atoms with Gasteiger partial charge in [0, 0.05) is 96.6 Å². The molecule has 0 spiro atoms. The van der Waals surface area contributed by atoms with Gasteiger partial charge in [-0.3, -0.25) is 24.9 Å². The van der Waals surface area contributed by atoms with Crippen LogP contribution in [0.15, 0.2) is 513 Å². The van der Waals surface area contributed by atoms with E-state index in [-0.39, 0.29) is 5.82 Å². The first-order valence-electron chi connectivity index (χ1n) is 46.4. The summed E-state index contributed by atoms with van der Waals surface area (Å²) in [7, 11) is 1.68. The SMILES string of the molecule is COc1ccc(-c2cc3ccccc3cc2-c2ccccn2)cc1.Cc1ccc(-c2cc3ccccc3cc2-c2ccccn2)cc1.Cc1nc(-c2ccsc2-c2ccccc2)c(C)n1-c1ccccc1.Fc1ccc(-c2cc3ccccc3cc2-c2ccccn2)cc1.c1ccc(-c2coc(-c3ccccc3)c2-c2ccccn2)cc1.c1ccc(-c2csc(-c3ccccc3)c2-c2ccccn2)cc1. The van der Waals surface area contributed by atoms with E-state index in [1.807, 2.05) is 183 Å². The standard InChI is InChI=1S/C22H17NO.C22H17N.C21H14FN.C21H18N2S.C21H15NO.C21H15NS/c1-24-19-11-9-16(10-12-19)20-14-17-6-2-3-7-18(17)15-21(20)22-8-4-5-13-23-22;1-16-9-11-17(12-10-16)20-14-18-6-2-3-7-19(18)15-21(20)22-8-4-5-13-23-22;22-18-10-8-15(9-11-18)19-13-16-5-1-2-6-17(16)14-20(19)21-7-3-4-12-23-21;1-15-20(22-16(2)23(15)18-11-7-4-8-12-18)19-13-14-24-21(19)17-9-5-3-6-10-17;2*1-3-9-16(10-4-1)18-15-23-21(17-11-5-2-6-12-17)20(18)19-13-7-8-14-22-19/h2-15H,1H3;2-15H,1H3;1-14H;3-14H,1-2H3;2*1-15H. The van der Waals surface area contributed by atoms with Crippen LogP contribution in [-0.4, -0.2) is 41.6 Å². The summed E-state index contributed by atoms with van der Waals surface area (Å²) < 4.78 is 26.7. The molecule has 0 fully saturated rings. The Kier molecular flexibility index (Phi) is 29.0. The van der Waals surface area contributed by atoms with E-state index in [2.05, 4.69) is 358 Å². The summed E-state index contributed by atoms with van der Waals surface area (Å²) >= 11 is 3.55. The molecule has 24 aromatic rings. The molecule has 0 saturated heterocycles. The topological polar surface area (TPSA) is 105 Å². The minimum Gasteiger partial charge on any atom is -0.497 e. The van der Waals surface area contributed by atoms with Gasteiger partial charge in [0.25, 0.3) is 0 Å². The number of aromatic nitrogens is 7. The Balaban J connectivity index is 0.000000107. The molecular formula is C128H96FN7O2S2. The lowest BCUT2D eigenvalue weighted by Crippen LogP contribution is -1.98. The molecule has 0 N–H and O–H groups in total. The zero-order valence-corrected chi connectivity index (χ0v) is 79.3. The molecule has 12 heteroatoms. The summed E-state index contributed by atoms with van der Waals surface area (Å²) in [5.41, 5.74) is 31.3. The average molecular weight is 1850 g/mol. The number of benzene rings is 15. The van der Waals surface area contributed by atoms with E-state index < -0.39 is 0 Å². The quantitative estimate of drug-likeness (QED) is 0.0942. The summed E-state index contributed by atoms with van der Waals surface area (Å²) in [5, 5.41) is 11.6. The fourth-order valence-corrected chi connectivity index (χ4v) is 19.4. The van der Waals surface area contributed by atoms with Gasteiger partial charge in [-0.2, -0.15) is 0 Å². The molecular weight excluding hydrogens is 1750 g/mol. The van der Waals surface area contributed by atoms with Crippen LogP contribution < -0.4 is 4.74 Å². The smallest absolute Gasteiger partial charge is 0.143 e. The van der Waals surface area contributed by atoms with E-state index in [1.54, 1.807) is 36.0 Å². The minimum atomic E-state index is -0.228. The number of aryl methyl sites for hydroxylation is 2. The van der Waals surface area contributed by atoms with Crippen LogP contribution in [0.4, 0.5) is 4.39 Å². The van der Waals surface area contributed by atoms with E-state index in [4.69, 9.17) is 14.1 Å². The van der Waals surface area contributed by atoms with Crippen LogP contribution in [0.3, 0.4) is 0 Å². The number of methoxy groups -OCH3 is 1. The molecule has 0 amide bonds. The lowest BCUT2D eigenvalue weighted by Gasteiger charge is -2.12. The first-order chi connectivity index (χ1) is 69.1. The van der Waals surface area contributed by atoms with Crippen LogP contribution in [0.2, 0.25) is 0 Å². The van der Waals surface area contributed by atoms with Gasteiger partial charge >= 0.3 is 0 Å². The third kappa shape index (κ3) is 21.4. The Morgan fingerprint density at radius 2 is 0.614 bits per heavy atom. The predicted octanol–water partition coefficient (Wildman–Crippen LogP) is 34.9. The molecule has 15 aromatic carbocycles. The molecule has 140 heavy (non-hydrogen) atoms. The maximum atomic E-state index is 13.3. The highest BCUT2D eigenvalue weighted by molar-refractivity contribution is 7.15. The minimum absolute atomic E-state index is 0.228. The number of hydrogen-bond acceptors (Lipinski definition) is 10. The van der Waals surface area contributed by atoms with Gasteiger partial charge in [-0.15, -0.1) is 22.7 Å². The lowest BCUT2D eigenvalue weighted by atomic mass is 9.93. The van der Waals surface area contributed by atoms with Gasteiger partial charge in [-0.05, 0) is 259 Å². The summed E-state index contributed by atoms with van der Waals surface area (Å²) in [4.78, 5) is 30.2. The van der Waals surface area contributed by atoms with Crippen LogP contribution in [-0.2, 0) is 0 Å². The zero-order chi connectivity index (χ0) is 95.1. The van der Waals surface area contributed by atoms with Gasteiger partial charge in [0.05, 0.1) is 53.1 Å². The van der Waals surface area contributed by atoms with Gasteiger partial charge in [0.2, 0.25) is 0 Å². The van der Waals surface area contributed by atoms with Crippen LogP contribution in [0.1, 0.15) is 17.1 Å². The Labute approximate surface area is 823 Å². The number of pyridine rings is 5. The van der Waals surface area contributed by atoms with Crippen molar-refractivity contribution in [2.45, 2.75) is 20.8 Å². The van der Waals surface area contributed by atoms with Crippen molar-refractivity contribution in [3.63, 3.8) is 0 Å². The Morgan fingerprint density at radius 1 is 0.279 bits per heavy atom. The number of fused-ring (bicyclic) bond motifs is 3. The fraction of sp³-hybridized carbons (Fsp3) is 0.0312. The number of hydrogen-bond donors (Lipinski definition) is 0. The molecule has 0 radical (unpaired) electrons. The predicted molar refractivity (Wildman–Crippen MR) is 582 cm³/mol. The molecule has 0 aliphatic carbocycles. The molecule has 0 unspecified atom stereocenters. The van der Waals surface area contributed by atoms with Gasteiger partial charge in [0.15, 0.2) is 0 Å². The number of furan rings is 1. The van der Waals surface area contributed by atoms with Gasteiger partial charge < -0.3 is 13.7 Å². The van der Waals surface area contributed by atoms with Crippen LogP contribution in [0, 0.1) is 26.6 Å². The van der Waals surface area contributed by atoms with E-state index in [0.29, 0.717) is 0 Å². The second-order valence-electron chi connectivity index (χ2n) is 33.4. The molecule has 0 saturated carbocycles. The molecule has 0 bridgehead atoms. The normalized spacial score (nSPS) is 10.8. The molecule has 0 aliphatic rings. The van der Waals surface area contributed by atoms with Crippen molar-refractivity contribution in [3.8, 4) is 167 Å². The monoisotopic (exact) mass is 1850 g/mol. The molecule has 9 nitrogen and oxygen atoms in total. The number of imidazole rings is 1. The van der Waals surface area contributed by atoms with Crippen molar-refractivity contribution in [2.75, 3.05) is 7.11 Å². The van der Waals surface area contributed by atoms with Crippen LogP contribution in [0.25, 0.3) is 193 Å². The van der Waals surface area contributed by atoms with Crippen molar-refractivity contribution < 1.29 is 13.5 Å². The maximum Gasteiger partial charge on any atom is 0.143 e. The van der Waals surface area contributed by atoms with Crippen molar-refractivity contribution in [1.82, 2.24) is 34.5 Å². The molecule has 9 heterocycles. The largest absolute Gasteiger partial charge is 0.497 e. The molecule has 0 aliphatic heterocycles. The zero-order valence-electron chi connectivity index (χ0n) is 77.6. The first-order valence-corrected chi connectivity index (χ1v) is 48.2. The summed E-state index contributed by atoms with van der Waals surface area (Å²) in [6.45, 7) is 6.33. The molecule has 24 rings (SSSR count). The Hall–Kier alpha value is -17.6. The fourth-order valence-electron chi connectivity index (χ4n) is 17.4. The van der Waals surface area contributed by atoms with Gasteiger partial charge in [-0.1, -0.05) is 327 Å². The highest BCUT2D eigenvalue weighted by atomic mass is 32.1. The highest BCUT2D eigenvalue weighted by Crippen LogP contribution is 2.47. The van der Waals surface area contributed by atoms with E-state index in [0.717, 1.165) is 113 Å². The van der Waals surface area contributed by atoms with E-state index in [9.17, 15) is 4.39 Å². The third-order valence-corrected chi connectivity index (χ3v) is 26.3. The average Bonchev–Trinajstić information content (AvgIpc) is 1.65. The van der Waals surface area contributed by atoms with E-state index >= 15 is 0 Å². The Morgan fingerprint density at radius 3 is 1.02 bits per heavy atom. The van der Waals surface area contributed by atoms with Gasteiger partial charge in [-0.25, -0.2) is 9.37 Å². The van der Waals surface area contributed by atoms with Crippen molar-refractivity contribution >= 4 is 55.0 Å². The maximum absolute atomic E-state index is 13.3. The number of thiophene rings is 2. The number of ether oxygens (including phenoxy) is 1.